The molecule has 3 rings (SSSR count). The van der Waals surface area contributed by atoms with Gasteiger partial charge in [0.25, 0.3) is 0 Å². The highest BCUT2D eigenvalue weighted by Gasteiger charge is 2.39. The molecule has 1 saturated heterocycles. The Kier molecular flexibility index (Phi) is 4.58. The van der Waals surface area contributed by atoms with Gasteiger partial charge in [-0.1, -0.05) is 54.6 Å². The summed E-state index contributed by atoms with van der Waals surface area (Å²) >= 11 is 0. The first kappa shape index (κ1) is 15.5. The molecule has 3 nitrogen and oxygen atoms in total. The number of hydrogen-bond acceptors (Lipinski definition) is 2. The zero-order chi connectivity index (χ0) is 16.1. The Labute approximate surface area is 137 Å². The zero-order valence-corrected chi connectivity index (χ0v) is 13.2. The second-order valence-corrected chi connectivity index (χ2v) is 5.97. The zero-order valence-electron chi connectivity index (χ0n) is 13.2. The minimum Gasteiger partial charge on any atom is -0.324 e. The number of nitrogens with one attached hydrogen (secondary N) is 2. The SMILES string of the molecule is C=CC[C@@]1(C(=O)Nc2ccccc2-c2ccccc2)CCCN1. The fraction of sp³-hybridized carbons (Fsp3) is 0.250. The molecule has 0 spiro atoms. The Morgan fingerprint density at radius 1 is 1.17 bits per heavy atom. The van der Waals surface area contributed by atoms with Crippen LogP contribution < -0.4 is 10.6 Å². The Morgan fingerprint density at radius 2 is 1.91 bits per heavy atom. The van der Waals surface area contributed by atoms with E-state index < -0.39 is 5.54 Å². The van der Waals surface area contributed by atoms with Gasteiger partial charge in [-0.2, -0.15) is 0 Å². The minimum absolute atomic E-state index is 0.0262. The molecule has 1 aliphatic heterocycles. The molecule has 0 bridgehead atoms. The van der Waals surface area contributed by atoms with E-state index in [4.69, 9.17) is 0 Å². The summed E-state index contributed by atoms with van der Waals surface area (Å²) in [4.78, 5) is 12.9. The maximum absolute atomic E-state index is 12.9. The van der Waals surface area contributed by atoms with Crippen molar-refractivity contribution in [1.82, 2.24) is 5.32 Å². The van der Waals surface area contributed by atoms with Crippen molar-refractivity contribution in [2.45, 2.75) is 24.8 Å². The number of anilines is 1. The maximum atomic E-state index is 12.9. The van der Waals surface area contributed by atoms with Crippen LogP contribution in [-0.4, -0.2) is 18.0 Å². The second-order valence-electron chi connectivity index (χ2n) is 5.97. The highest BCUT2D eigenvalue weighted by atomic mass is 16.2. The van der Waals surface area contributed by atoms with Crippen LogP contribution in [0.1, 0.15) is 19.3 Å². The molecular weight excluding hydrogens is 284 g/mol. The summed E-state index contributed by atoms with van der Waals surface area (Å²) in [5.74, 6) is 0.0262. The molecule has 1 fully saturated rings. The normalized spacial score (nSPS) is 20.2. The van der Waals surface area contributed by atoms with Crippen LogP contribution in [0.25, 0.3) is 11.1 Å². The third-order valence-corrected chi connectivity index (χ3v) is 4.43. The highest BCUT2D eigenvalue weighted by molar-refractivity contribution is 6.01. The molecule has 1 aliphatic rings. The van der Waals surface area contributed by atoms with Crippen molar-refractivity contribution in [1.29, 1.82) is 0 Å². The molecular formula is C20H22N2O. The lowest BCUT2D eigenvalue weighted by atomic mass is 9.91. The van der Waals surface area contributed by atoms with Gasteiger partial charge in [-0.25, -0.2) is 0 Å². The quantitative estimate of drug-likeness (QED) is 0.820. The van der Waals surface area contributed by atoms with E-state index in [0.717, 1.165) is 36.2 Å². The molecule has 2 aromatic carbocycles. The lowest BCUT2D eigenvalue weighted by molar-refractivity contribution is -0.121. The van der Waals surface area contributed by atoms with Gasteiger partial charge in [0, 0.05) is 11.3 Å². The summed E-state index contributed by atoms with van der Waals surface area (Å²) in [6.07, 6.45) is 4.33. The summed E-state index contributed by atoms with van der Waals surface area (Å²) < 4.78 is 0. The lowest BCUT2D eigenvalue weighted by Crippen LogP contribution is -2.50. The van der Waals surface area contributed by atoms with Crippen molar-refractivity contribution >= 4 is 11.6 Å². The van der Waals surface area contributed by atoms with E-state index in [1.54, 1.807) is 0 Å². The van der Waals surface area contributed by atoms with Crippen LogP contribution in [-0.2, 0) is 4.79 Å². The minimum atomic E-state index is -0.522. The first-order valence-corrected chi connectivity index (χ1v) is 8.07. The summed E-state index contributed by atoms with van der Waals surface area (Å²) in [6, 6.07) is 18.0. The topological polar surface area (TPSA) is 41.1 Å². The second kappa shape index (κ2) is 6.80. The number of amides is 1. The van der Waals surface area contributed by atoms with Gasteiger partial charge in [-0.3, -0.25) is 4.79 Å². The van der Waals surface area contributed by atoms with E-state index in [-0.39, 0.29) is 5.91 Å². The molecule has 0 unspecified atom stereocenters. The Morgan fingerprint density at radius 3 is 2.61 bits per heavy atom. The lowest BCUT2D eigenvalue weighted by Gasteiger charge is -2.27. The van der Waals surface area contributed by atoms with Gasteiger partial charge < -0.3 is 10.6 Å². The van der Waals surface area contributed by atoms with Crippen LogP contribution in [0.5, 0.6) is 0 Å². The molecule has 2 aromatic rings. The molecule has 1 heterocycles. The largest absolute Gasteiger partial charge is 0.324 e. The van der Waals surface area contributed by atoms with E-state index in [1.165, 1.54) is 0 Å². The first-order valence-electron chi connectivity index (χ1n) is 8.07. The van der Waals surface area contributed by atoms with E-state index in [9.17, 15) is 4.79 Å². The van der Waals surface area contributed by atoms with Crippen LogP contribution >= 0.6 is 0 Å². The van der Waals surface area contributed by atoms with Crippen LogP contribution in [0.2, 0.25) is 0 Å². The summed E-state index contributed by atoms with van der Waals surface area (Å²) in [6.45, 7) is 4.68. The molecule has 3 heteroatoms. The predicted molar refractivity (Wildman–Crippen MR) is 95.3 cm³/mol. The molecule has 0 aliphatic carbocycles. The molecule has 2 N–H and O–H groups in total. The number of rotatable bonds is 5. The highest BCUT2D eigenvalue weighted by Crippen LogP contribution is 2.30. The number of benzene rings is 2. The third-order valence-electron chi connectivity index (χ3n) is 4.43. The van der Waals surface area contributed by atoms with Gasteiger partial charge in [0.1, 0.15) is 5.54 Å². The number of carbonyl (C=O) groups excluding carboxylic acids is 1. The first-order chi connectivity index (χ1) is 11.2. The molecule has 118 valence electrons. The van der Waals surface area contributed by atoms with E-state index >= 15 is 0 Å². The summed E-state index contributed by atoms with van der Waals surface area (Å²) in [5, 5.41) is 6.49. The molecule has 1 atom stereocenters. The summed E-state index contributed by atoms with van der Waals surface area (Å²) in [7, 11) is 0. The van der Waals surface area contributed by atoms with E-state index in [2.05, 4.69) is 29.3 Å². The smallest absolute Gasteiger partial charge is 0.245 e. The van der Waals surface area contributed by atoms with Gasteiger partial charge in [0.15, 0.2) is 0 Å². The predicted octanol–water partition coefficient (Wildman–Crippen LogP) is 3.99. The van der Waals surface area contributed by atoms with Crippen LogP contribution in [0.15, 0.2) is 67.3 Å². The standard InChI is InChI=1S/C20H22N2O/c1-2-13-20(14-8-15-21-20)19(23)22-18-12-7-6-11-17(18)16-9-4-3-5-10-16/h2-7,9-12,21H,1,8,13-15H2,(H,22,23)/t20-/m0/s1. The van der Waals surface area contributed by atoms with Crippen molar-refractivity contribution in [2.24, 2.45) is 0 Å². The van der Waals surface area contributed by atoms with Gasteiger partial charge in [0.2, 0.25) is 5.91 Å². The third kappa shape index (κ3) is 3.20. The summed E-state index contributed by atoms with van der Waals surface area (Å²) in [5.41, 5.74) is 2.46. The average Bonchev–Trinajstić information content (AvgIpc) is 3.06. The van der Waals surface area contributed by atoms with Crippen LogP contribution in [0, 0.1) is 0 Å². The van der Waals surface area contributed by atoms with E-state index in [0.29, 0.717) is 6.42 Å². The van der Waals surface area contributed by atoms with Gasteiger partial charge in [0.05, 0.1) is 0 Å². The van der Waals surface area contributed by atoms with E-state index in [1.807, 2.05) is 48.5 Å². The van der Waals surface area contributed by atoms with Crippen LogP contribution in [0.3, 0.4) is 0 Å². The maximum Gasteiger partial charge on any atom is 0.245 e. The molecule has 0 saturated carbocycles. The average molecular weight is 306 g/mol. The number of carbonyl (C=O) groups is 1. The van der Waals surface area contributed by atoms with Gasteiger partial charge in [-0.15, -0.1) is 6.58 Å². The molecule has 1 amide bonds. The van der Waals surface area contributed by atoms with Crippen molar-refractivity contribution < 1.29 is 4.79 Å². The van der Waals surface area contributed by atoms with Gasteiger partial charge >= 0.3 is 0 Å². The van der Waals surface area contributed by atoms with Crippen molar-refractivity contribution in [3.63, 3.8) is 0 Å². The van der Waals surface area contributed by atoms with Crippen LogP contribution in [0.4, 0.5) is 5.69 Å². The fourth-order valence-corrected chi connectivity index (χ4v) is 3.22. The molecule has 0 radical (unpaired) electrons. The fourth-order valence-electron chi connectivity index (χ4n) is 3.22. The monoisotopic (exact) mass is 306 g/mol. The molecule has 0 aromatic heterocycles. The van der Waals surface area contributed by atoms with Crippen molar-refractivity contribution in [3.8, 4) is 11.1 Å². The Bertz CT molecular complexity index is 688. The number of hydrogen-bond donors (Lipinski definition) is 2. The van der Waals surface area contributed by atoms with Crippen molar-refractivity contribution in [3.05, 3.63) is 67.3 Å². The van der Waals surface area contributed by atoms with Crippen molar-refractivity contribution in [2.75, 3.05) is 11.9 Å². The Balaban J connectivity index is 1.88. The number of para-hydroxylation sites is 1. The molecule has 23 heavy (non-hydrogen) atoms. The van der Waals surface area contributed by atoms with Gasteiger partial charge in [-0.05, 0) is 37.4 Å². The Hall–Kier alpha value is -2.39.